The van der Waals surface area contributed by atoms with E-state index in [-0.39, 0.29) is 21.5 Å². The summed E-state index contributed by atoms with van der Waals surface area (Å²) in [4.78, 5) is 42.5. The highest BCUT2D eigenvalue weighted by molar-refractivity contribution is 6.92. The van der Waals surface area contributed by atoms with Gasteiger partial charge in [0, 0.05) is 12.1 Å². The molecule has 0 aromatic heterocycles. The van der Waals surface area contributed by atoms with Crippen molar-refractivity contribution >= 4 is 41.7 Å². The predicted octanol–water partition coefficient (Wildman–Crippen LogP) is 4.59. The lowest BCUT2D eigenvalue weighted by atomic mass is 10.2. The molecule has 0 spiro atoms. The van der Waals surface area contributed by atoms with Crippen LogP contribution in [-0.4, -0.2) is 28.3 Å². The fourth-order valence-electron chi connectivity index (χ4n) is 4.15. The summed E-state index contributed by atoms with van der Waals surface area (Å²) in [6.45, 7) is -1.14. The molecule has 4 aromatic rings. The Morgan fingerprint density at radius 1 is 0.535 bits per heavy atom. The summed E-state index contributed by atoms with van der Waals surface area (Å²) in [5.41, 5.74) is -2.55. The molecule has 17 heteroatoms. The standard InChI is InChI=1S/C26H18F2N4O10Si/c27-19-3-9-23(10-4-19)43(24-11-5-20(28)6-12-24,41-15-17-1-7-21(29(33)34)13-25(17)31(37)38)42-16-18-2-8-22(30(35)36)14-26(18)32(39)40/h1-14H,15-16H2. The first-order valence-corrected chi connectivity index (χ1v) is 13.9. The molecule has 4 aromatic carbocycles. The van der Waals surface area contributed by atoms with E-state index in [0.29, 0.717) is 0 Å². The topological polar surface area (TPSA) is 191 Å². The van der Waals surface area contributed by atoms with Crippen molar-refractivity contribution in [2.45, 2.75) is 13.2 Å². The number of nitro benzene ring substituents is 4. The summed E-state index contributed by atoms with van der Waals surface area (Å²) < 4.78 is 40.4. The van der Waals surface area contributed by atoms with Crippen LogP contribution in [0.3, 0.4) is 0 Å². The second-order valence-corrected chi connectivity index (χ2v) is 11.8. The fraction of sp³-hybridized carbons (Fsp3) is 0.0769. The van der Waals surface area contributed by atoms with Crippen LogP contribution < -0.4 is 10.4 Å². The highest BCUT2D eigenvalue weighted by atomic mass is 28.4. The van der Waals surface area contributed by atoms with Gasteiger partial charge in [0.25, 0.3) is 22.7 Å². The molecule has 0 atom stereocenters. The third-order valence-electron chi connectivity index (χ3n) is 6.26. The van der Waals surface area contributed by atoms with Crippen molar-refractivity contribution in [2.24, 2.45) is 0 Å². The zero-order chi connectivity index (χ0) is 31.3. The third-order valence-corrected chi connectivity index (χ3v) is 9.55. The maximum Gasteiger partial charge on any atom is 0.407 e. The first-order valence-electron chi connectivity index (χ1n) is 12.0. The average molecular weight is 613 g/mol. The van der Waals surface area contributed by atoms with E-state index in [2.05, 4.69) is 0 Å². The Morgan fingerprint density at radius 2 is 0.884 bits per heavy atom. The maximum absolute atomic E-state index is 13.9. The van der Waals surface area contributed by atoms with E-state index in [1.807, 2.05) is 0 Å². The molecule has 0 amide bonds. The first kappa shape index (κ1) is 30.4. The van der Waals surface area contributed by atoms with Crippen LogP contribution in [0.1, 0.15) is 11.1 Å². The summed E-state index contributed by atoms with van der Waals surface area (Å²) in [7, 11) is -4.19. The van der Waals surface area contributed by atoms with Gasteiger partial charge in [0.1, 0.15) is 11.6 Å². The Labute approximate surface area is 240 Å². The van der Waals surface area contributed by atoms with Crippen molar-refractivity contribution in [3.63, 3.8) is 0 Å². The Kier molecular flexibility index (Phi) is 8.88. The lowest BCUT2D eigenvalue weighted by Crippen LogP contribution is -2.63. The zero-order valence-electron chi connectivity index (χ0n) is 21.6. The van der Waals surface area contributed by atoms with Crippen molar-refractivity contribution in [1.82, 2.24) is 0 Å². The Hall–Kier alpha value is -5.52. The molecule has 0 unspecified atom stereocenters. The zero-order valence-corrected chi connectivity index (χ0v) is 22.6. The highest BCUT2D eigenvalue weighted by Gasteiger charge is 2.44. The molecular formula is C26H18F2N4O10Si. The van der Waals surface area contributed by atoms with Crippen LogP contribution >= 0.6 is 0 Å². The van der Waals surface area contributed by atoms with Gasteiger partial charge >= 0.3 is 8.56 Å². The van der Waals surface area contributed by atoms with Gasteiger partial charge in [-0.25, -0.2) is 8.78 Å². The molecule has 14 nitrogen and oxygen atoms in total. The lowest BCUT2D eigenvalue weighted by Gasteiger charge is -2.31. The molecule has 0 aliphatic rings. The monoisotopic (exact) mass is 612 g/mol. The van der Waals surface area contributed by atoms with Gasteiger partial charge in [-0.15, -0.1) is 0 Å². The van der Waals surface area contributed by atoms with Gasteiger partial charge in [-0.3, -0.25) is 40.5 Å². The van der Waals surface area contributed by atoms with Crippen molar-refractivity contribution in [3.05, 3.63) is 148 Å². The van der Waals surface area contributed by atoms with Crippen LogP contribution in [0.4, 0.5) is 31.5 Å². The number of non-ortho nitro benzene ring substituents is 2. The molecule has 0 saturated carbocycles. The number of halogens is 2. The molecular weight excluding hydrogens is 594 g/mol. The van der Waals surface area contributed by atoms with Crippen molar-refractivity contribution in [1.29, 1.82) is 0 Å². The van der Waals surface area contributed by atoms with E-state index in [0.717, 1.165) is 60.7 Å². The quantitative estimate of drug-likeness (QED) is 0.124. The van der Waals surface area contributed by atoms with Gasteiger partial charge in [-0.2, -0.15) is 0 Å². The van der Waals surface area contributed by atoms with Crippen molar-refractivity contribution < 1.29 is 37.3 Å². The maximum atomic E-state index is 13.9. The summed E-state index contributed by atoms with van der Waals surface area (Å²) in [5, 5.41) is 46.3. The summed E-state index contributed by atoms with van der Waals surface area (Å²) in [6, 6.07) is 15.3. The molecule has 0 bridgehead atoms. The van der Waals surface area contributed by atoms with E-state index in [1.165, 1.54) is 24.3 Å². The Bertz CT molecular complexity index is 1600. The summed E-state index contributed by atoms with van der Waals surface area (Å²) in [5.74, 6) is -1.27. The minimum atomic E-state index is -4.19. The van der Waals surface area contributed by atoms with Gasteiger partial charge < -0.3 is 8.85 Å². The van der Waals surface area contributed by atoms with Gasteiger partial charge in [0.05, 0.1) is 56.2 Å². The average Bonchev–Trinajstić information content (AvgIpc) is 2.98. The van der Waals surface area contributed by atoms with E-state index in [9.17, 15) is 49.2 Å². The van der Waals surface area contributed by atoms with Crippen molar-refractivity contribution in [3.8, 4) is 0 Å². The van der Waals surface area contributed by atoms with E-state index < -0.39 is 75.9 Å². The SMILES string of the molecule is O=[N+]([O-])c1ccc(CO[Si](OCc2ccc([N+](=O)[O-])cc2[N+](=O)[O-])(c2ccc(F)cc2)c2ccc(F)cc2)c([N+](=O)[O-])c1. The lowest BCUT2D eigenvalue weighted by molar-refractivity contribution is -0.395. The molecule has 0 heterocycles. The number of benzene rings is 4. The summed E-state index contributed by atoms with van der Waals surface area (Å²) in [6.07, 6.45) is 0. The molecule has 0 fully saturated rings. The number of hydrogen-bond donors (Lipinski definition) is 0. The number of nitrogens with zero attached hydrogens (tertiary/aromatic N) is 4. The van der Waals surface area contributed by atoms with Gasteiger partial charge in [-0.1, -0.05) is 24.3 Å². The van der Waals surface area contributed by atoms with Crippen LogP contribution in [0.5, 0.6) is 0 Å². The predicted molar refractivity (Wildman–Crippen MR) is 147 cm³/mol. The highest BCUT2D eigenvalue weighted by Crippen LogP contribution is 2.29. The normalized spacial score (nSPS) is 11.2. The van der Waals surface area contributed by atoms with Crippen LogP contribution in [0, 0.1) is 52.1 Å². The smallest absolute Gasteiger partial charge is 0.383 e. The van der Waals surface area contributed by atoms with Crippen LogP contribution in [0.2, 0.25) is 0 Å². The van der Waals surface area contributed by atoms with Crippen LogP contribution in [0.25, 0.3) is 0 Å². The Morgan fingerprint density at radius 3 is 1.19 bits per heavy atom. The van der Waals surface area contributed by atoms with Gasteiger partial charge in [0.15, 0.2) is 0 Å². The minimum absolute atomic E-state index is 0.0957. The number of hydrogen-bond acceptors (Lipinski definition) is 10. The largest absolute Gasteiger partial charge is 0.407 e. The molecule has 0 aliphatic heterocycles. The minimum Gasteiger partial charge on any atom is -0.383 e. The fourth-order valence-corrected chi connectivity index (χ4v) is 7.17. The number of rotatable bonds is 12. The molecule has 4 rings (SSSR count). The van der Waals surface area contributed by atoms with E-state index >= 15 is 0 Å². The number of nitro groups is 4. The molecule has 0 radical (unpaired) electrons. The first-order chi connectivity index (χ1) is 20.4. The molecule has 0 aliphatic carbocycles. The summed E-state index contributed by atoms with van der Waals surface area (Å²) >= 11 is 0. The van der Waals surface area contributed by atoms with Crippen LogP contribution in [-0.2, 0) is 22.1 Å². The van der Waals surface area contributed by atoms with E-state index in [1.54, 1.807) is 0 Å². The molecule has 220 valence electrons. The van der Waals surface area contributed by atoms with E-state index in [4.69, 9.17) is 8.85 Å². The third kappa shape index (κ3) is 6.69. The van der Waals surface area contributed by atoms with Crippen LogP contribution in [0.15, 0.2) is 84.9 Å². The second-order valence-electron chi connectivity index (χ2n) is 8.86. The molecule has 0 N–H and O–H groups in total. The van der Waals surface area contributed by atoms with Gasteiger partial charge in [-0.05, 0) is 46.8 Å². The molecule has 43 heavy (non-hydrogen) atoms. The van der Waals surface area contributed by atoms with Gasteiger partial charge in [0.2, 0.25) is 0 Å². The molecule has 0 saturated heterocycles. The second kappa shape index (κ2) is 12.6. The van der Waals surface area contributed by atoms with Crippen molar-refractivity contribution in [2.75, 3.05) is 0 Å². The Balaban J connectivity index is 1.85.